The Labute approximate surface area is 144 Å². The summed E-state index contributed by atoms with van der Waals surface area (Å²) in [5.41, 5.74) is 0. The van der Waals surface area contributed by atoms with Crippen LogP contribution in [0.5, 0.6) is 5.75 Å². The van der Waals surface area contributed by atoms with Crippen LogP contribution in [0.25, 0.3) is 0 Å². The van der Waals surface area contributed by atoms with Crippen LogP contribution in [0.2, 0.25) is 0 Å². The van der Waals surface area contributed by atoms with Gasteiger partial charge in [-0.25, -0.2) is 0 Å². The molecule has 0 saturated heterocycles. The lowest BCUT2D eigenvalue weighted by atomic mass is 10.3. The second-order valence-corrected chi connectivity index (χ2v) is 6.94. The van der Waals surface area contributed by atoms with Crippen molar-refractivity contribution in [3.05, 3.63) is 47.9 Å². The number of methoxy groups -OCH3 is 1. The van der Waals surface area contributed by atoms with Crippen molar-refractivity contribution in [1.82, 2.24) is 10.2 Å². The van der Waals surface area contributed by atoms with Crippen LogP contribution in [-0.4, -0.2) is 49.3 Å². The smallest absolute Gasteiger partial charge is 0.287 e. The number of amides is 1. The molecule has 24 heavy (non-hydrogen) atoms. The van der Waals surface area contributed by atoms with Gasteiger partial charge in [0.25, 0.3) is 5.91 Å². The van der Waals surface area contributed by atoms with E-state index in [0.717, 1.165) is 6.54 Å². The maximum atomic E-state index is 12.3. The van der Waals surface area contributed by atoms with E-state index in [1.807, 2.05) is 19.0 Å². The number of hydrogen-bond donors (Lipinski definition) is 1. The van der Waals surface area contributed by atoms with Gasteiger partial charge in [-0.15, -0.1) is 0 Å². The van der Waals surface area contributed by atoms with Gasteiger partial charge in [-0.3, -0.25) is 9.00 Å². The summed E-state index contributed by atoms with van der Waals surface area (Å²) in [5, 5.41) is 2.78. The van der Waals surface area contributed by atoms with E-state index in [0.29, 0.717) is 22.9 Å². The number of carbonyl (C=O) groups is 1. The van der Waals surface area contributed by atoms with Crippen molar-refractivity contribution in [2.45, 2.75) is 10.6 Å². The summed E-state index contributed by atoms with van der Waals surface area (Å²) in [5.74, 6) is 1.42. The van der Waals surface area contributed by atoms with Crippen LogP contribution in [-0.2, 0) is 16.6 Å². The molecule has 1 heterocycles. The molecule has 2 aromatic rings. The van der Waals surface area contributed by atoms with Crippen LogP contribution in [0.3, 0.4) is 0 Å². The van der Waals surface area contributed by atoms with Gasteiger partial charge in [-0.05, 0) is 50.5 Å². The van der Waals surface area contributed by atoms with Crippen molar-refractivity contribution in [3.8, 4) is 5.75 Å². The standard InChI is InChI=1S/C17H22N2O4S/c1-19(2)11-10-18-17(20)16-9-6-14(23-16)12-24(21)15-7-4-13(22-3)5-8-15/h4-9H,10-12H2,1-3H3,(H,18,20)/t24-/m1/s1. The van der Waals surface area contributed by atoms with Crippen LogP contribution in [0.15, 0.2) is 45.7 Å². The largest absolute Gasteiger partial charge is 0.497 e. The summed E-state index contributed by atoms with van der Waals surface area (Å²) in [6, 6.07) is 10.3. The van der Waals surface area contributed by atoms with E-state index in [2.05, 4.69) is 5.32 Å². The van der Waals surface area contributed by atoms with Crippen LogP contribution >= 0.6 is 0 Å². The third kappa shape index (κ3) is 5.21. The first-order valence-electron chi connectivity index (χ1n) is 7.53. The highest BCUT2D eigenvalue weighted by Crippen LogP contribution is 2.18. The summed E-state index contributed by atoms with van der Waals surface area (Å²) in [6.45, 7) is 1.29. The van der Waals surface area contributed by atoms with E-state index in [4.69, 9.17) is 9.15 Å². The van der Waals surface area contributed by atoms with E-state index >= 15 is 0 Å². The number of nitrogens with one attached hydrogen (secondary N) is 1. The molecule has 1 amide bonds. The average Bonchev–Trinajstić information content (AvgIpc) is 3.03. The van der Waals surface area contributed by atoms with Crippen LogP contribution in [0.1, 0.15) is 16.3 Å². The quantitative estimate of drug-likeness (QED) is 0.787. The Morgan fingerprint density at radius 2 is 1.92 bits per heavy atom. The van der Waals surface area contributed by atoms with Crippen molar-refractivity contribution < 1.29 is 18.2 Å². The molecular formula is C17H22N2O4S. The minimum Gasteiger partial charge on any atom is -0.497 e. The molecule has 0 radical (unpaired) electrons. The Balaban J connectivity index is 1.92. The predicted octanol–water partition coefficient (Wildman–Crippen LogP) is 1.89. The summed E-state index contributed by atoms with van der Waals surface area (Å²) >= 11 is 0. The maximum Gasteiger partial charge on any atom is 0.287 e. The van der Waals surface area contributed by atoms with Crippen LogP contribution < -0.4 is 10.1 Å². The number of nitrogens with zero attached hydrogens (tertiary/aromatic N) is 1. The number of furan rings is 1. The number of hydrogen-bond acceptors (Lipinski definition) is 5. The van der Waals surface area contributed by atoms with E-state index in [9.17, 15) is 9.00 Å². The summed E-state index contributed by atoms with van der Waals surface area (Å²) in [4.78, 5) is 14.6. The fourth-order valence-corrected chi connectivity index (χ4v) is 3.02. The Bertz CT molecular complexity index is 695. The van der Waals surface area contributed by atoms with Crippen molar-refractivity contribution in [2.24, 2.45) is 0 Å². The lowest BCUT2D eigenvalue weighted by Gasteiger charge is -2.09. The number of ether oxygens (including phenoxy) is 1. The molecule has 0 aliphatic carbocycles. The zero-order chi connectivity index (χ0) is 17.5. The normalized spacial score (nSPS) is 12.2. The Kier molecular flexibility index (Phi) is 6.57. The first-order chi connectivity index (χ1) is 11.5. The second kappa shape index (κ2) is 8.65. The average molecular weight is 350 g/mol. The molecule has 1 aromatic heterocycles. The summed E-state index contributed by atoms with van der Waals surface area (Å²) in [6.07, 6.45) is 0. The van der Waals surface area contributed by atoms with Crippen molar-refractivity contribution in [3.63, 3.8) is 0 Å². The molecule has 0 aliphatic rings. The molecule has 0 bridgehead atoms. The second-order valence-electron chi connectivity index (χ2n) is 5.49. The Morgan fingerprint density at radius 3 is 2.54 bits per heavy atom. The molecule has 1 atom stereocenters. The number of likely N-dealkylation sites (N-methyl/N-ethyl adjacent to an activating group) is 1. The minimum atomic E-state index is -1.24. The fraction of sp³-hybridized carbons (Fsp3) is 0.353. The third-order valence-corrected chi connectivity index (χ3v) is 4.67. The van der Waals surface area contributed by atoms with Gasteiger partial charge in [0.05, 0.1) is 23.7 Å². The molecule has 0 spiro atoms. The fourth-order valence-electron chi connectivity index (χ4n) is 2.00. The van der Waals surface area contributed by atoms with Gasteiger partial charge in [-0.2, -0.15) is 0 Å². The van der Waals surface area contributed by atoms with Gasteiger partial charge in [-0.1, -0.05) is 0 Å². The van der Waals surface area contributed by atoms with E-state index in [-0.39, 0.29) is 17.4 Å². The topological polar surface area (TPSA) is 71.8 Å². The van der Waals surface area contributed by atoms with E-state index < -0.39 is 10.8 Å². The molecule has 0 unspecified atom stereocenters. The molecule has 7 heteroatoms. The van der Waals surface area contributed by atoms with Crippen molar-refractivity contribution in [1.29, 1.82) is 0 Å². The van der Waals surface area contributed by atoms with E-state index in [1.165, 1.54) is 0 Å². The molecule has 2 rings (SSSR count). The van der Waals surface area contributed by atoms with Gasteiger partial charge < -0.3 is 19.4 Å². The molecule has 0 fully saturated rings. The van der Waals surface area contributed by atoms with Crippen LogP contribution in [0.4, 0.5) is 0 Å². The van der Waals surface area contributed by atoms with E-state index in [1.54, 1.807) is 43.5 Å². The monoisotopic (exact) mass is 350 g/mol. The zero-order valence-corrected chi connectivity index (χ0v) is 14.9. The lowest BCUT2D eigenvalue weighted by molar-refractivity contribution is 0.0922. The van der Waals surface area contributed by atoms with Gasteiger partial charge in [0, 0.05) is 18.0 Å². The molecule has 0 saturated carbocycles. The van der Waals surface area contributed by atoms with Gasteiger partial charge >= 0.3 is 0 Å². The van der Waals surface area contributed by atoms with Crippen LogP contribution in [0, 0.1) is 0 Å². The predicted molar refractivity (Wildman–Crippen MR) is 92.7 cm³/mol. The minimum absolute atomic E-state index is 0.220. The SMILES string of the molecule is COc1ccc([S@](=O)Cc2ccc(C(=O)NCCN(C)C)o2)cc1. The first-order valence-corrected chi connectivity index (χ1v) is 8.85. The highest BCUT2D eigenvalue weighted by atomic mass is 32.2. The Hall–Kier alpha value is -2.12. The first kappa shape index (κ1) is 18.2. The highest BCUT2D eigenvalue weighted by Gasteiger charge is 2.13. The molecule has 1 N–H and O–H groups in total. The maximum absolute atomic E-state index is 12.3. The molecule has 6 nitrogen and oxygen atoms in total. The molecule has 1 aromatic carbocycles. The number of rotatable bonds is 8. The molecular weight excluding hydrogens is 328 g/mol. The summed E-state index contributed by atoms with van der Waals surface area (Å²) in [7, 11) is 4.21. The lowest BCUT2D eigenvalue weighted by Crippen LogP contribution is -2.31. The number of carbonyl (C=O) groups excluding carboxylic acids is 1. The van der Waals surface area contributed by atoms with Gasteiger partial charge in [0.15, 0.2) is 5.76 Å². The highest BCUT2D eigenvalue weighted by molar-refractivity contribution is 7.84. The van der Waals surface area contributed by atoms with Gasteiger partial charge in [0.1, 0.15) is 11.5 Å². The number of benzene rings is 1. The zero-order valence-electron chi connectivity index (χ0n) is 14.1. The molecule has 130 valence electrons. The van der Waals surface area contributed by atoms with Gasteiger partial charge in [0.2, 0.25) is 0 Å². The molecule has 0 aliphatic heterocycles. The van der Waals surface area contributed by atoms with Crippen molar-refractivity contribution >= 4 is 16.7 Å². The Morgan fingerprint density at radius 1 is 1.21 bits per heavy atom. The van der Waals surface area contributed by atoms with Crippen molar-refractivity contribution in [2.75, 3.05) is 34.3 Å². The summed E-state index contributed by atoms with van der Waals surface area (Å²) < 4.78 is 22.9. The third-order valence-electron chi connectivity index (χ3n) is 3.33.